The summed E-state index contributed by atoms with van der Waals surface area (Å²) in [7, 11) is 3.78. The molecule has 0 saturated heterocycles. The van der Waals surface area contributed by atoms with E-state index in [0.717, 1.165) is 5.82 Å². The second-order valence-electron chi connectivity index (χ2n) is 5.68. The van der Waals surface area contributed by atoms with Crippen LogP contribution in [-0.4, -0.2) is 14.9 Å². The molecular weight excluding hydrogens is 202 g/mol. The molecule has 0 amide bonds. The molecule has 2 heteroatoms. The summed E-state index contributed by atoms with van der Waals surface area (Å²) in [5, 5.41) is 0. The molecule has 17 heavy (non-hydrogen) atoms. The monoisotopic (exact) mass is 236 g/mol. The molecule has 0 heterocycles. The second-order valence-corrected chi connectivity index (χ2v) is 5.68. The minimum Gasteiger partial charge on any atom is -0.0737 e. The molecule has 0 aliphatic heterocycles. The fourth-order valence-electron chi connectivity index (χ4n) is 2.63. The Bertz CT molecular complexity index is 123. The number of unbranched alkanes of at least 4 members (excludes halogenated alkanes) is 8. The summed E-state index contributed by atoms with van der Waals surface area (Å²) in [4.78, 5) is 0. The summed E-state index contributed by atoms with van der Waals surface area (Å²) in [5.74, 6) is 1.03. The molecule has 0 fully saturated rings. The summed E-state index contributed by atoms with van der Waals surface area (Å²) in [6, 6.07) is 0. The first-order valence-corrected chi connectivity index (χ1v) is 8.35. The van der Waals surface area contributed by atoms with E-state index >= 15 is 0 Å². The van der Waals surface area contributed by atoms with Gasteiger partial charge in [0.25, 0.3) is 0 Å². The van der Waals surface area contributed by atoms with Gasteiger partial charge in [0, 0.05) is 0 Å². The predicted molar refractivity (Wildman–Crippen MR) is 86.2 cm³/mol. The van der Waals surface area contributed by atoms with Crippen LogP contribution < -0.4 is 0 Å². The Morgan fingerprint density at radius 3 is 1.47 bits per heavy atom. The third-order valence-corrected chi connectivity index (χ3v) is 4.01. The highest BCUT2D eigenvalue weighted by molar-refractivity contribution is 6.90. The zero-order chi connectivity index (χ0) is 12.8. The molecule has 0 aliphatic rings. The molecule has 0 atom stereocenters. The van der Waals surface area contributed by atoms with Crippen LogP contribution in [0.5, 0.6) is 0 Å². The maximum atomic E-state index is 2.38. The highest BCUT2D eigenvalue weighted by atomic mass is 14.0. The zero-order valence-corrected chi connectivity index (χ0v) is 12.8. The van der Waals surface area contributed by atoms with Crippen molar-refractivity contribution in [3.05, 3.63) is 0 Å². The maximum absolute atomic E-state index is 2.38. The average molecular weight is 236 g/mol. The summed E-state index contributed by atoms with van der Waals surface area (Å²) >= 11 is 0. The lowest BCUT2D eigenvalue weighted by Gasteiger charge is -2.13. The van der Waals surface area contributed by atoms with E-state index in [9.17, 15) is 0 Å². The van der Waals surface area contributed by atoms with E-state index < -0.39 is 0 Å². The summed E-state index contributed by atoms with van der Waals surface area (Å²) in [6.45, 7) is 4.59. The Morgan fingerprint density at radius 1 is 0.706 bits per heavy atom. The first-order valence-electron chi connectivity index (χ1n) is 8.35. The van der Waals surface area contributed by atoms with Crippen LogP contribution in [-0.2, 0) is 0 Å². The minimum absolute atomic E-state index is 1.03. The van der Waals surface area contributed by atoms with E-state index in [4.69, 9.17) is 0 Å². The van der Waals surface area contributed by atoms with Gasteiger partial charge in [-0.25, -0.2) is 0 Å². The Hall–Kier alpha value is 0.130. The molecular formula is C15H34B2. The topological polar surface area (TPSA) is 0 Å². The molecule has 0 radical (unpaired) electrons. The van der Waals surface area contributed by atoms with E-state index in [1.54, 1.807) is 0 Å². The first-order chi connectivity index (χ1) is 8.35. The number of hydrogen-bond acceptors (Lipinski definition) is 0. The lowest BCUT2D eigenvalue weighted by atomic mass is 9.45. The Morgan fingerprint density at radius 2 is 1.12 bits per heavy atom. The van der Waals surface area contributed by atoms with Crippen LogP contribution in [0.15, 0.2) is 0 Å². The zero-order valence-electron chi connectivity index (χ0n) is 12.8. The van der Waals surface area contributed by atoms with E-state index in [-0.39, 0.29) is 0 Å². The molecule has 0 nitrogen and oxygen atoms in total. The van der Waals surface area contributed by atoms with E-state index in [1.165, 1.54) is 84.2 Å². The summed E-state index contributed by atoms with van der Waals surface area (Å²) in [5.41, 5.74) is 0. The van der Waals surface area contributed by atoms with Gasteiger partial charge in [-0.1, -0.05) is 96.7 Å². The van der Waals surface area contributed by atoms with Crippen LogP contribution in [0, 0.1) is 0 Å². The molecule has 0 rings (SSSR count). The fourth-order valence-corrected chi connectivity index (χ4v) is 2.63. The molecule has 0 N–H and O–H groups in total. The predicted octanol–water partition coefficient (Wildman–Crippen LogP) is 4.48. The SMILES string of the molecule is BBC(CCCCCCC)CCCCCCC. The standard InChI is InChI=1S/C15H34B2/c1-3-5-7-9-11-13-15(17-16)14-12-10-8-6-4-2/h15,17H,3-14,16H2,1-2H3. The lowest BCUT2D eigenvalue weighted by molar-refractivity contribution is 0.541. The van der Waals surface area contributed by atoms with Gasteiger partial charge in [0.1, 0.15) is 0 Å². The second kappa shape index (κ2) is 14.2. The van der Waals surface area contributed by atoms with Crippen molar-refractivity contribution in [1.82, 2.24) is 0 Å². The fraction of sp³-hybridized carbons (Fsp3) is 1.00. The van der Waals surface area contributed by atoms with Crippen LogP contribution in [0.4, 0.5) is 0 Å². The van der Waals surface area contributed by atoms with E-state index in [0.29, 0.717) is 0 Å². The molecule has 0 unspecified atom stereocenters. The minimum atomic E-state index is 1.03. The molecule has 0 saturated carbocycles. The van der Waals surface area contributed by atoms with Crippen molar-refractivity contribution in [3.8, 4) is 0 Å². The Kier molecular flexibility index (Phi) is 14.3. The number of hydrogen-bond donors (Lipinski definition) is 0. The first kappa shape index (κ1) is 17.1. The highest BCUT2D eigenvalue weighted by Crippen LogP contribution is 2.22. The van der Waals surface area contributed by atoms with Crippen molar-refractivity contribution in [1.29, 1.82) is 0 Å². The largest absolute Gasteiger partial charge is 0.0860 e. The maximum Gasteiger partial charge on any atom is 0.0860 e. The molecule has 100 valence electrons. The van der Waals surface area contributed by atoms with Crippen LogP contribution >= 0.6 is 0 Å². The summed E-state index contributed by atoms with van der Waals surface area (Å²) in [6.07, 6.45) is 17.4. The van der Waals surface area contributed by atoms with Crippen LogP contribution in [0.25, 0.3) is 0 Å². The average Bonchev–Trinajstić information content (AvgIpc) is 2.36. The van der Waals surface area contributed by atoms with Gasteiger partial charge in [-0.2, -0.15) is 0 Å². The Labute approximate surface area is 112 Å². The quantitative estimate of drug-likeness (QED) is 0.326. The number of rotatable bonds is 13. The van der Waals surface area contributed by atoms with Gasteiger partial charge in [-0.05, 0) is 0 Å². The molecule has 0 aromatic heterocycles. The van der Waals surface area contributed by atoms with Crippen molar-refractivity contribution >= 4 is 14.9 Å². The van der Waals surface area contributed by atoms with Crippen molar-refractivity contribution in [2.24, 2.45) is 0 Å². The van der Waals surface area contributed by atoms with Crippen LogP contribution in [0.2, 0.25) is 5.82 Å². The normalized spacial score (nSPS) is 11.0. The van der Waals surface area contributed by atoms with E-state index in [1.807, 2.05) is 0 Å². The Balaban J connectivity index is 3.30. The van der Waals surface area contributed by atoms with Gasteiger partial charge >= 0.3 is 0 Å². The van der Waals surface area contributed by atoms with Gasteiger partial charge in [-0.15, -0.1) is 0 Å². The van der Waals surface area contributed by atoms with Gasteiger partial charge in [0.2, 0.25) is 0 Å². The highest BCUT2D eigenvalue weighted by Gasteiger charge is 2.06. The molecule has 0 aromatic carbocycles. The summed E-state index contributed by atoms with van der Waals surface area (Å²) < 4.78 is 0. The van der Waals surface area contributed by atoms with Crippen molar-refractivity contribution in [2.45, 2.75) is 96.7 Å². The molecule has 0 aromatic rings. The molecule has 0 spiro atoms. The van der Waals surface area contributed by atoms with Crippen molar-refractivity contribution in [2.75, 3.05) is 0 Å². The van der Waals surface area contributed by atoms with Gasteiger partial charge in [0.05, 0.1) is 14.9 Å². The van der Waals surface area contributed by atoms with E-state index in [2.05, 4.69) is 21.6 Å². The third-order valence-electron chi connectivity index (χ3n) is 4.01. The lowest BCUT2D eigenvalue weighted by Crippen LogP contribution is -2.04. The van der Waals surface area contributed by atoms with Crippen molar-refractivity contribution in [3.63, 3.8) is 0 Å². The van der Waals surface area contributed by atoms with Crippen molar-refractivity contribution < 1.29 is 0 Å². The van der Waals surface area contributed by atoms with Gasteiger partial charge in [-0.3, -0.25) is 0 Å². The van der Waals surface area contributed by atoms with Gasteiger partial charge < -0.3 is 0 Å². The van der Waals surface area contributed by atoms with Gasteiger partial charge in [0.15, 0.2) is 0 Å². The smallest absolute Gasteiger partial charge is 0.0737 e. The third kappa shape index (κ3) is 12.4. The van der Waals surface area contributed by atoms with Crippen LogP contribution in [0.3, 0.4) is 0 Å². The molecule has 0 aliphatic carbocycles. The van der Waals surface area contributed by atoms with Crippen LogP contribution in [0.1, 0.15) is 90.9 Å². The molecule has 0 bridgehead atoms.